The zero-order chi connectivity index (χ0) is 19.7. The van der Waals surface area contributed by atoms with Crippen molar-refractivity contribution >= 4 is 17.7 Å². The number of aliphatic hydroxyl groups is 1. The lowest BCUT2D eigenvalue weighted by Crippen LogP contribution is -2.43. The number of fused-ring (bicyclic) bond motifs is 2. The van der Waals surface area contributed by atoms with Gasteiger partial charge in [-0.25, -0.2) is 0 Å². The number of rotatable bonds is 6. The fourth-order valence-corrected chi connectivity index (χ4v) is 3.99. The van der Waals surface area contributed by atoms with Crippen molar-refractivity contribution in [2.24, 2.45) is 0 Å². The molecule has 0 saturated carbocycles. The molecular weight excluding hydrogens is 356 g/mol. The second kappa shape index (κ2) is 7.20. The molecule has 3 amide bonds. The first-order valence-electron chi connectivity index (χ1n) is 9.48. The van der Waals surface area contributed by atoms with Crippen LogP contribution in [0.4, 0.5) is 0 Å². The molecule has 2 N–H and O–H groups in total. The number of carbonyl (C=O) groups is 3. The predicted octanol–water partition coefficient (Wildman–Crippen LogP) is 1.71. The second-order valence-corrected chi connectivity index (χ2v) is 7.53. The molecule has 0 fully saturated rings. The molecule has 0 radical (unpaired) electrons. The van der Waals surface area contributed by atoms with Crippen molar-refractivity contribution in [3.05, 3.63) is 70.8 Å². The predicted molar refractivity (Wildman–Crippen MR) is 103 cm³/mol. The molecule has 28 heavy (non-hydrogen) atoms. The number of benzene rings is 2. The normalized spacial score (nSPS) is 16.8. The van der Waals surface area contributed by atoms with Gasteiger partial charge in [0.1, 0.15) is 0 Å². The van der Waals surface area contributed by atoms with E-state index in [1.165, 1.54) is 4.90 Å². The molecule has 1 heterocycles. The third-order valence-electron chi connectivity index (χ3n) is 5.44. The third-order valence-corrected chi connectivity index (χ3v) is 5.44. The topological polar surface area (TPSA) is 86.7 Å². The average molecular weight is 378 g/mol. The van der Waals surface area contributed by atoms with Crippen LogP contribution in [-0.2, 0) is 17.6 Å². The quantitative estimate of drug-likeness (QED) is 0.750. The van der Waals surface area contributed by atoms with Crippen LogP contribution >= 0.6 is 0 Å². The molecular formula is C22H22N2O4. The van der Waals surface area contributed by atoms with Gasteiger partial charge in [0, 0.05) is 32.4 Å². The summed E-state index contributed by atoms with van der Waals surface area (Å²) in [4.78, 5) is 38.0. The van der Waals surface area contributed by atoms with E-state index in [2.05, 4.69) is 5.32 Å². The molecule has 2 aromatic rings. The molecule has 0 bridgehead atoms. The number of hydrogen-bond donors (Lipinski definition) is 2. The van der Waals surface area contributed by atoms with Gasteiger partial charge in [-0.3, -0.25) is 19.3 Å². The van der Waals surface area contributed by atoms with Gasteiger partial charge < -0.3 is 10.4 Å². The molecule has 2 aromatic carbocycles. The van der Waals surface area contributed by atoms with Crippen molar-refractivity contribution in [2.75, 3.05) is 13.1 Å². The van der Waals surface area contributed by atoms with Crippen LogP contribution in [-0.4, -0.2) is 46.4 Å². The number of hydrogen-bond acceptors (Lipinski definition) is 4. The summed E-state index contributed by atoms with van der Waals surface area (Å²) in [6.07, 6.45) is 1.63. The minimum atomic E-state index is -0.956. The van der Waals surface area contributed by atoms with E-state index in [0.29, 0.717) is 30.4 Å². The molecule has 1 aliphatic heterocycles. The van der Waals surface area contributed by atoms with Gasteiger partial charge in [0.25, 0.3) is 11.8 Å². The first kappa shape index (κ1) is 18.4. The number of amides is 3. The van der Waals surface area contributed by atoms with Crippen molar-refractivity contribution in [3.8, 4) is 0 Å². The Kier molecular flexibility index (Phi) is 4.73. The summed E-state index contributed by atoms with van der Waals surface area (Å²) in [7, 11) is 0. The first-order valence-corrected chi connectivity index (χ1v) is 9.48. The number of carbonyl (C=O) groups excluding carboxylic acids is 3. The molecule has 0 aromatic heterocycles. The fraction of sp³-hybridized carbons (Fsp3) is 0.318. The van der Waals surface area contributed by atoms with Crippen LogP contribution in [0.25, 0.3) is 0 Å². The highest BCUT2D eigenvalue weighted by Gasteiger charge is 2.36. The lowest BCUT2D eigenvalue weighted by Gasteiger charge is -2.22. The largest absolute Gasteiger partial charge is 0.387 e. The highest BCUT2D eigenvalue weighted by Crippen LogP contribution is 2.29. The standard InChI is InChI=1S/C22H22N2O4/c25-19(23-14-22(28)12-15-6-1-2-7-16(15)13-22)10-5-11-24-20(26)17-8-3-4-9-18(17)21(24)27/h1-4,6-9,28H,5,10-14H2,(H,23,25). The van der Waals surface area contributed by atoms with Crippen molar-refractivity contribution in [2.45, 2.75) is 31.3 Å². The van der Waals surface area contributed by atoms with E-state index in [1.807, 2.05) is 24.3 Å². The van der Waals surface area contributed by atoms with E-state index in [1.54, 1.807) is 24.3 Å². The lowest BCUT2D eigenvalue weighted by atomic mass is 10.0. The van der Waals surface area contributed by atoms with Gasteiger partial charge >= 0.3 is 0 Å². The second-order valence-electron chi connectivity index (χ2n) is 7.53. The molecule has 1 aliphatic carbocycles. The van der Waals surface area contributed by atoms with Gasteiger partial charge in [0.2, 0.25) is 5.91 Å². The third kappa shape index (κ3) is 3.43. The van der Waals surface area contributed by atoms with Crippen molar-refractivity contribution in [1.82, 2.24) is 10.2 Å². The van der Waals surface area contributed by atoms with Crippen molar-refractivity contribution in [3.63, 3.8) is 0 Å². The summed E-state index contributed by atoms with van der Waals surface area (Å²) in [5, 5.41) is 13.5. The van der Waals surface area contributed by atoms with E-state index in [0.717, 1.165) is 11.1 Å². The Morgan fingerprint density at radius 3 is 2.07 bits per heavy atom. The molecule has 0 spiro atoms. The Labute approximate surface area is 163 Å². The molecule has 6 nitrogen and oxygen atoms in total. The first-order chi connectivity index (χ1) is 13.5. The Hall–Kier alpha value is -2.99. The average Bonchev–Trinajstić information content (AvgIpc) is 3.16. The molecule has 4 rings (SSSR count). The molecule has 0 unspecified atom stereocenters. The van der Waals surface area contributed by atoms with Crippen molar-refractivity contribution in [1.29, 1.82) is 0 Å². The highest BCUT2D eigenvalue weighted by atomic mass is 16.3. The summed E-state index contributed by atoms with van der Waals surface area (Å²) < 4.78 is 0. The van der Waals surface area contributed by atoms with Crippen LogP contribution in [0.15, 0.2) is 48.5 Å². The van der Waals surface area contributed by atoms with Crippen LogP contribution in [0.3, 0.4) is 0 Å². The van der Waals surface area contributed by atoms with Gasteiger partial charge in [-0.2, -0.15) is 0 Å². The van der Waals surface area contributed by atoms with Crippen molar-refractivity contribution < 1.29 is 19.5 Å². The van der Waals surface area contributed by atoms with Crippen LogP contribution in [0.2, 0.25) is 0 Å². The zero-order valence-electron chi connectivity index (χ0n) is 15.5. The molecule has 6 heteroatoms. The van der Waals surface area contributed by atoms with Crippen LogP contribution in [0.1, 0.15) is 44.7 Å². The van der Waals surface area contributed by atoms with E-state index in [4.69, 9.17) is 0 Å². The summed E-state index contributed by atoms with van der Waals surface area (Å²) in [6.45, 7) is 0.392. The summed E-state index contributed by atoms with van der Waals surface area (Å²) in [5.74, 6) is -0.806. The Balaban J connectivity index is 1.24. The Morgan fingerprint density at radius 1 is 0.964 bits per heavy atom. The smallest absolute Gasteiger partial charge is 0.261 e. The fourth-order valence-electron chi connectivity index (χ4n) is 3.99. The van der Waals surface area contributed by atoms with Gasteiger partial charge in [-0.1, -0.05) is 36.4 Å². The molecule has 0 saturated heterocycles. The summed E-state index contributed by atoms with van der Waals surface area (Å²) >= 11 is 0. The van der Waals surface area contributed by atoms with Gasteiger partial charge in [-0.15, -0.1) is 0 Å². The van der Waals surface area contributed by atoms with Crippen LogP contribution in [0.5, 0.6) is 0 Å². The van der Waals surface area contributed by atoms with Gasteiger partial charge in [0.05, 0.1) is 16.7 Å². The van der Waals surface area contributed by atoms with E-state index in [-0.39, 0.29) is 37.2 Å². The summed E-state index contributed by atoms with van der Waals surface area (Å²) in [6, 6.07) is 14.6. The number of nitrogens with zero attached hydrogens (tertiary/aromatic N) is 1. The Bertz CT molecular complexity index is 893. The Morgan fingerprint density at radius 2 is 1.50 bits per heavy atom. The monoisotopic (exact) mass is 378 g/mol. The maximum absolute atomic E-state index is 12.3. The highest BCUT2D eigenvalue weighted by molar-refractivity contribution is 6.21. The number of imide groups is 1. The maximum Gasteiger partial charge on any atom is 0.261 e. The van der Waals surface area contributed by atoms with Crippen LogP contribution in [0, 0.1) is 0 Å². The van der Waals surface area contributed by atoms with Gasteiger partial charge in [-0.05, 0) is 29.7 Å². The molecule has 2 aliphatic rings. The van der Waals surface area contributed by atoms with E-state index >= 15 is 0 Å². The van der Waals surface area contributed by atoms with E-state index < -0.39 is 5.60 Å². The molecule has 0 atom stereocenters. The lowest BCUT2D eigenvalue weighted by molar-refractivity contribution is -0.122. The maximum atomic E-state index is 12.3. The molecule has 144 valence electrons. The van der Waals surface area contributed by atoms with Gasteiger partial charge in [0.15, 0.2) is 0 Å². The minimum absolute atomic E-state index is 0.188. The minimum Gasteiger partial charge on any atom is -0.387 e. The zero-order valence-corrected chi connectivity index (χ0v) is 15.5. The van der Waals surface area contributed by atoms with Crippen LogP contribution < -0.4 is 5.32 Å². The number of nitrogens with one attached hydrogen (secondary N) is 1. The summed E-state index contributed by atoms with van der Waals surface area (Å²) in [5.41, 5.74) is 2.11. The SMILES string of the molecule is O=C(CCCN1C(=O)c2ccccc2C1=O)NCC1(O)Cc2ccccc2C1. The van der Waals surface area contributed by atoms with E-state index in [9.17, 15) is 19.5 Å².